The minimum Gasteiger partial charge on any atom is -0.392 e. The molecule has 0 bridgehead atoms. The van der Waals surface area contributed by atoms with Gasteiger partial charge in [-0.2, -0.15) is 0 Å². The van der Waals surface area contributed by atoms with Crippen molar-refractivity contribution in [3.05, 3.63) is 0 Å². The van der Waals surface area contributed by atoms with Crippen molar-refractivity contribution in [3.8, 4) is 0 Å². The minimum atomic E-state index is -0.256. The molecule has 0 spiro atoms. The maximum absolute atomic E-state index is 9.10. The molecule has 0 saturated carbocycles. The fourth-order valence-corrected chi connectivity index (χ4v) is 0.706. The summed E-state index contributed by atoms with van der Waals surface area (Å²) < 4.78 is 0. The van der Waals surface area contributed by atoms with Gasteiger partial charge < -0.3 is 10.4 Å². The first kappa shape index (κ1) is 9.92. The molecule has 0 amide bonds. The SMILES string of the molecule is CCC(C)N[C@H](C)[C@@H](C)O. The summed E-state index contributed by atoms with van der Waals surface area (Å²) in [5.74, 6) is 0. The first-order chi connectivity index (χ1) is 4.57. The lowest BCUT2D eigenvalue weighted by Crippen LogP contribution is -2.40. The summed E-state index contributed by atoms with van der Waals surface area (Å²) in [6.07, 6.45) is 0.853. The van der Waals surface area contributed by atoms with Crippen LogP contribution < -0.4 is 5.32 Å². The lowest BCUT2D eigenvalue weighted by atomic mass is 10.1. The van der Waals surface area contributed by atoms with Crippen molar-refractivity contribution in [2.24, 2.45) is 0 Å². The van der Waals surface area contributed by atoms with Crippen molar-refractivity contribution in [2.45, 2.75) is 52.3 Å². The van der Waals surface area contributed by atoms with Gasteiger partial charge in [0.25, 0.3) is 0 Å². The highest BCUT2D eigenvalue weighted by molar-refractivity contribution is 4.69. The van der Waals surface area contributed by atoms with Crippen molar-refractivity contribution >= 4 is 0 Å². The van der Waals surface area contributed by atoms with Crippen LogP contribution in [0.3, 0.4) is 0 Å². The second kappa shape index (κ2) is 4.69. The van der Waals surface area contributed by atoms with Crippen molar-refractivity contribution in [1.29, 1.82) is 0 Å². The Labute approximate surface area is 63.6 Å². The Morgan fingerprint density at radius 1 is 1.30 bits per heavy atom. The largest absolute Gasteiger partial charge is 0.392 e. The Balaban J connectivity index is 3.46. The van der Waals surface area contributed by atoms with E-state index in [1.807, 2.05) is 6.92 Å². The third kappa shape index (κ3) is 3.85. The van der Waals surface area contributed by atoms with Gasteiger partial charge in [0.1, 0.15) is 0 Å². The number of aliphatic hydroxyl groups is 1. The van der Waals surface area contributed by atoms with Crippen molar-refractivity contribution in [1.82, 2.24) is 5.32 Å². The molecule has 0 aliphatic heterocycles. The zero-order valence-electron chi connectivity index (χ0n) is 7.39. The normalized spacial score (nSPS) is 20.1. The third-order valence-electron chi connectivity index (χ3n) is 1.88. The van der Waals surface area contributed by atoms with Gasteiger partial charge in [0, 0.05) is 12.1 Å². The van der Waals surface area contributed by atoms with Gasteiger partial charge in [-0.05, 0) is 27.2 Å². The number of aliphatic hydroxyl groups excluding tert-OH is 1. The van der Waals surface area contributed by atoms with E-state index in [-0.39, 0.29) is 12.1 Å². The quantitative estimate of drug-likeness (QED) is 0.622. The van der Waals surface area contributed by atoms with Gasteiger partial charge in [-0.25, -0.2) is 0 Å². The number of nitrogens with one attached hydrogen (secondary N) is 1. The Morgan fingerprint density at radius 3 is 2.10 bits per heavy atom. The third-order valence-corrected chi connectivity index (χ3v) is 1.88. The van der Waals surface area contributed by atoms with Crippen LogP contribution in [0, 0.1) is 0 Å². The standard InChI is InChI=1S/C8H19NO/c1-5-6(2)9-7(3)8(4)10/h6-10H,5H2,1-4H3/t6?,7-,8-/m1/s1. The molecule has 2 heteroatoms. The van der Waals surface area contributed by atoms with Gasteiger partial charge in [-0.15, -0.1) is 0 Å². The molecule has 2 N–H and O–H groups in total. The van der Waals surface area contributed by atoms with E-state index in [9.17, 15) is 0 Å². The molecule has 0 fully saturated rings. The fourth-order valence-electron chi connectivity index (χ4n) is 0.706. The van der Waals surface area contributed by atoms with Crippen molar-refractivity contribution in [2.75, 3.05) is 0 Å². The molecule has 0 radical (unpaired) electrons. The van der Waals surface area contributed by atoms with Crippen LogP contribution in [0.5, 0.6) is 0 Å². The molecule has 1 unspecified atom stereocenters. The number of rotatable bonds is 4. The molecule has 2 nitrogen and oxygen atoms in total. The number of hydrogen-bond acceptors (Lipinski definition) is 2. The zero-order chi connectivity index (χ0) is 8.15. The summed E-state index contributed by atoms with van der Waals surface area (Å²) in [5.41, 5.74) is 0. The molecule has 62 valence electrons. The predicted octanol–water partition coefficient (Wildman–Crippen LogP) is 1.14. The van der Waals surface area contributed by atoms with E-state index in [2.05, 4.69) is 19.2 Å². The first-order valence-electron chi connectivity index (χ1n) is 4.02. The highest BCUT2D eigenvalue weighted by atomic mass is 16.3. The van der Waals surface area contributed by atoms with Gasteiger partial charge >= 0.3 is 0 Å². The van der Waals surface area contributed by atoms with Gasteiger partial charge in [-0.1, -0.05) is 6.92 Å². The molecule has 0 heterocycles. The highest BCUT2D eigenvalue weighted by Crippen LogP contribution is 1.95. The van der Waals surface area contributed by atoms with Crippen LogP contribution in [0.1, 0.15) is 34.1 Å². The molecule has 0 aliphatic carbocycles. The molecule has 0 rings (SSSR count). The highest BCUT2D eigenvalue weighted by Gasteiger charge is 2.09. The predicted molar refractivity (Wildman–Crippen MR) is 44.0 cm³/mol. The second-order valence-electron chi connectivity index (χ2n) is 3.01. The molecule has 0 aromatic carbocycles. The summed E-state index contributed by atoms with van der Waals surface area (Å²) >= 11 is 0. The maximum Gasteiger partial charge on any atom is 0.0662 e. The molecular formula is C8H19NO. The lowest BCUT2D eigenvalue weighted by molar-refractivity contribution is 0.146. The smallest absolute Gasteiger partial charge is 0.0662 e. The molecule has 0 aromatic rings. The van der Waals surface area contributed by atoms with Crippen LogP contribution in [-0.4, -0.2) is 23.3 Å². The van der Waals surface area contributed by atoms with Crippen LogP contribution in [0.25, 0.3) is 0 Å². The van der Waals surface area contributed by atoms with Gasteiger partial charge in [0.15, 0.2) is 0 Å². The van der Waals surface area contributed by atoms with E-state index in [0.717, 1.165) is 6.42 Å². The monoisotopic (exact) mass is 145 g/mol. The van der Waals surface area contributed by atoms with E-state index in [1.165, 1.54) is 0 Å². The Bertz CT molecular complexity index is 83.3. The van der Waals surface area contributed by atoms with Gasteiger partial charge in [0.05, 0.1) is 6.10 Å². The topological polar surface area (TPSA) is 32.3 Å². The summed E-state index contributed by atoms with van der Waals surface area (Å²) in [5, 5.41) is 12.4. The van der Waals surface area contributed by atoms with Gasteiger partial charge in [0.2, 0.25) is 0 Å². The first-order valence-corrected chi connectivity index (χ1v) is 4.02. The number of hydrogen-bond donors (Lipinski definition) is 2. The zero-order valence-corrected chi connectivity index (χ0v) is 7.39. The molecule has 0 saturated heterocycles. The summed E-state index contributed by atoms with van der Waals surface area (Å²) in [6.45, 7) is 8.06. The lowest BCUT2D eigenvalue weighted by Gasteiger charge is -2.20. The van der Waals surface area contributed by atoms with Crippen LogP contribution in [0.15, 0.2) is 0 Å². The van der Waals surface area contributed by atoms with Crippen molar-refractivity contribution in [3.63, 3.8) is 0 Å². The van der Waals surface area contributed by atoms with Crippen LogP contribution in [-0.2, 0) is 0 Å². The molecule has 0 aromatic heterocycles. The Hall–Kier alpha value is -0.0800. The molecule has 0 aliphatic rings. The van der Waals surface area contributed by atoms with E-state index in [0.29, 0.717) is 6.04 Å². The van der Waals surface area contributed by atoms with E-state index in [1.54, 1.807) is 6.92 Å². The van der Waals surface area contributed by atoms with Crippen molar-refractivity contribution < 1.29 is 5.11 Å². The van der Waals surface area contributed by atoms with Crippen LogP contribution >= 0.6 is 0 Å². The Kier molecular flexibility index (Phi) is 4.65. The average molecular weight is 145 g/mol. The average Bonchev–Trinajstić information content (AvgIpc) is 1.87. The van der Waals surface area contributed by atoms with Crippen LogP contribution in [0.4, 0.5) is 0 Å². The maximum atomic E-state index is 9.10. The molecule has 10 heavy (non-hydrogen) atoms. The van der Waals surface area contributed by atoms with Gasteiger partial charge in [-0.3, -0.25) is 0 Å². The van der Waals surface area contributed by atoms with E-state index in [4.69, 9.17) is 5.11 Å². The molecular weight excluding hydrogens is 126 g/mol. The second-order valence-corrected chi connectivity index (χ2v) is 3.01. The minimum absolute atomic E-state index is 0.204. The summed E-state index contributed by atoms with van der Waals surface area (Å²) in [6, 6.07) is 0.708. The summed E-state index contributed by atoms with van der Waals surface area (Å²) in [4.78, 5) is 0. The summed E-state index contributed by atoms with van der Waals surface area (Å²) in [7, 11) is 0. The fraction of sp³-hybridized carbons (Fsp3) is 1.00. The van der Waals surface area contributed by atoms with E-state index >= 15 is 0 Å². The van der Waals surface area contributed by atoms with Crippen LogP contribution in [0.2, 0.25) is 0 Å². The van der Waals surface area contributed by atoms with E-state index < -0.39 is 0 Å². The Morgan fingerprint density at radius 2 is 1.80 bits per heavy atom. The molecule has 3 atom stereocenters.